The lowest BCUT2D eigenvalue weighted by Crippen LogP contribution is -2.17. The third-order valence-electron chi connectivity index (χ3n) is 3.42. The summed E-state index contributed by atoms with van der Waals surface area (Å²) in [5.74, 6) is 0.647. The van der Waals surface area contributed by atoms with Gasteiger partial charge in [0.25, 0.3) is 5.56 Å². The fraction of sp³-hybridized carbons (Fsp3) is 0.111. The van der Waals surface area contributed by atoms with Crippen molar-refractivity contribution in [3.05, 3.63) is 87.3 Å². The van der Waals surface area contributed by atoms with Gasteiger partial charge in [-0.3, -0.25) is 9.78 Å². The van der Waals surface area contributed by atoms with E-state index in [1.165, 1.54) is 11.8 Å². The van der Waals surface area contributed by atoms with Gasteiger partial charge in [0.05, 0.1) is 11.6 Å². The summed E-state index contributed by atoms with van der Waals surface area (Å²) >= 11 is 1.40. The Bertz CT molecular complexity index is 914. The molecule has 0 aliphatic carbocycles. The highest BCUT2D eigenvalue weighted by Crippen LogP contribution is 2.18. The number of hydrogen-bond donors (Lipinski definition) is 1. The Kier molecular flexibility index (Phi) is 5.04. The van der Waals surface area contributed by atoms with Crippen LogP contribution in [0.4, 0.5) is 0 Å². The Morgan fingerprint density at radius 3 is 2.42 bits per heavy atom. The van der Waals surface area contributed by atoms with Gasteiger partial charge in [-0.2, -0.15) is 5.26 Å². The first-order valence-corrected chi connectivity index (χ1v) is 8.35. The van der Waals surface area contributed by atoms with E-state index in [2.05, 4.69) is 21.3 Å². The molecule has 0 unspecified atom stereocenters. The Morgan fingerprint density at radius 1 is 1.00 bits per heavy atom. The van der Waals surface area contributed by atoms with Gasteiger partial charge in [0, 0.05) is 12.2 Å². The van der Waals surface area contributed by atoms with Crippen LogP contribution in [-0.4, -0.2) is 15.2 Å². The van der Waals surface area contributed by atoms with Crippen LogP contribution in [0.15, 0.2) is 64.5 Å². The predicted octanol–water partition coefficient (Wildman–Crippen LogP) is 2.92. The summed E-state index contributed by atoms with van der Waals surface area (Å²) in [4.78, 5) is 14.9. The number of hydrogen-bond acceptors (Lipinski definition) is 5. The van der Waals surface area contributed by atoms with Gasteiger partial charge in [-0.1, -0.05) is 54.2 Å². The number of rotatable bonds is 5. The Morgan fingerprint density at radius 2 is 1.75 bits per heavy atom. The first-order valence-electron chi connectivity index (χ1n) is 7.36. The quantitative estimate of drug-likeness (QED) is 0.725. The van der Waals surface area contributed by atoms with Gasteiger partial charge in [0.15, 0.2) is 5.16 Å². The van der Waals surface area contributed by atoms with Gasteiger partial charge in [-0.25, -0.2) is 0 Å². The van der Waals surface area contributed by atoms with E-state index in [1.807, 2.05) is 42.5 Å². The average Bonchev–Trinajstić information content (AvgIpc) is 2.63. The number of nitrogens with one attached hydrogen (secondary N) is 1. The zero-order valence-corrected chi connectivity index (χ0v) is 13.6. The van der Waals surface area contributed by atoms with Crippen molar-refractivity contribution >= 4 is 11.8 Å². The van der Waals surface area contributed by atoms with E-state index in [-0.39, 0.29) is 5.56 Å². The maximum absolute atomic E-state index is 12.1. The number of nitriles is 1. The molecule has 0 amide bonds. The molecule has 2 aromatic carbocycles. The minimum absolute atomic E-state index is 0.212. The second kappa shape index (κ2) is 7.57. The van der Waals surface area contributed by atoms with Crippen molar-refractivity contribution in [2.75, 3.05) is 0 Å². The molecule has 6 heteroatoms. The van der Waals surface area contributed by atoms with Crippen LogP contribution in [0.2, 0.25) is 0 Å². The summed E-state index contributed by atoms with van der Waals surface area (Å²) in [6.07, 6.45) is 0.462. The van der Waals surface area contributed by atoms with Crippen LogP contribution in [0.1, 0.15) is 22.4 Å². The lowest BCUT2D eigenvalue weighted by atomic mass is 10.1. The van der Waals surface area contributed by atoms with E-state index in [0.29, 0.717) is 28.6 Å². The highest BCUT2D eigenvalue weighted by atomic mass is 32.2. The maximum Gasteiger partial charge on any atom is 0.273 e. The van der Waals surface area contributed by atoms with Crippen LogP contribution >= 0.6 is 11.8 Å². The Hall–Kier alpha value is -2.91. The van der Waals surface area contributed by atoms with Gasteiger partial charge in [-0.05, 0) is 23.3 Å². The molecule has 0 fully saturated rings. The standard InChI is InChI=1S/C18H14N4OS/c19-11-14-6-8-15(9-7-14)12-24-18-20-17(23)16(21-22-18)10-13-4-2-1-3-5-13/h1-9H,10,12H2,(H,20,22,23). The molecule has 3 rings (SSSR count). The summed E-state index contributed by atoms with van der Waals surface area (Å²) in [6.45, 7) is 0. The topological polar surface area (TPSA) is 82.4 Å². The molecule has 1 aromatic heterocycles. The molecule has 1 N–H and O–H groups in total. The molecule has 24 heavy (non-hydrogen) atoms. The molecule has 0 spiro atoms. The van der Waals surface area contributed by atoms with Crippen molar-refractivity contribution in [1.29, 1.82) is 5.26 Å². The smallest absolute Gasteiger partial charge is 0.273 e. The number of nitrogens with zero attached hydrogens (tertiary/aromatic N) is 3. The van der Waals surface area contributed by atoms with E-state index in [9.17, 15) is 4.79 Å². The van der Waals surface area contributed by atoms with Crippen molar-refractivity contribution in [2.24, 2.45) is 0 Å². The third-order valence-corrected chi connectivity index (χ3v) is 4.35. The van der Waals surface area contributed by atoms with Crippen molar-refractivity contribution in [1.82, 2.24) is 15.2 Å². The SMILES string of the molecule is N#Cc1ccc(CSc2nnc(Cc3ccccc3)c(=O)[nH]2)cc1. The zero-order chi connectivity index (χ0) is 16.8. The van der Waals surface area contributed by atoms with Crippen LogP contribution in [0.5, 0.6) is 0 Å². The largest absolute Gasteiger partial charge is 0.298 e. The summed E-state index contributed by atoms with van der Waals surface area (Å²) in [5.41, 5.74) is 2.90. The van der Waals surface area contributed by atoms with Crippen molar-refractivity contribution in [2.45, 2.75) is 17.3 Å². The summed E-state index contributed by atoms with van der Waals surface area (Å²) in [6, 6.07) is 19.1. The molecular formula is C18H14N4OS. The molecule has 118 valence electrons. The third kappa shape index (κ3) is 4.09. The number of H-pyrrole nitrogens is 1. The second-order valence-corrected chi connectivity index (χ2v) is 6.13. The van der Waals surface area contributed by atoms with E-state index >= 15 is 0 Å². The maximum atomic E-state index is 12.1. The first kappa shape index (κ1) is 16.0. The number of thioether (sulfide) groups is 1. The van der Waals surface area contributed by atoms with E-state index in [4.69, 9.17) is 5.26 Å². The molecule has 0 bridgehead atoms. The first-order chi connectivity index (χ1) is 11.7. The molecule has 3 aromatic rings. The fourth-order valence-corrected chi connectivity index (χ4v) is 2.90. The molecule has 0 radical (unpaired) electrons. The lowest BCUT2D eigenvalue weighted by molar-refractivity contribution is 0.772. The van der Waals surface area contributed by atoms with Crippen molar-refractivity contribution in [3.8, 4) is 6.07 Å². The zero-order valence-electron chi connectivity index (χ0n) is 12.8. The fourth-order valence-electron chi connectivity index (χ4n) is 2.14. The number of aromatic amines is 1. The molecule has 1 heterocycles. The normalized spacial score (nSPS) is 10.3. The number of aromatic nitrogens is 3. The van der Waals surface area contributed by atoms with Crippen molar-refractivity contribution < 1.29 is 0 Å². The van der Waals surface area contributed by atoms with Crippen LogP contribution < -0.4 is 5.56 Å². The molecule has 0 saturated heterocycles. The minimum Gasteiger partial charge on any atom is -0.298 e. The summed E-state index contributed by atoms with van der Waals surface area (Å²) in [5, 5.41) is 17.4. The molecule has 0 atom stereocenters. The van der Waals surface area contributed by atoms with Gasteiger partial charge in [0.2, 0.25) is 0 Å². The van der Waals surface area contributed by atoms with Gasteiger partial charge < -0.3 is 0 Å². The molecule has 5 nitrogen and oxygen atoms in total. The highest BCUT2D eigenvalue weighted by Gasteiger charge is 2.07. The molecule has 0 aliphatic rings. The molecular weight excluding hydrogens is 320 g/mol. The van der Waals surface area contributed by atoms with Crippen LogP contribution in [0.25, 0.3) is 0 Å². The summed E-state index contributed by atoms with van der Waals surface area (Å²) in [7, 11) is 0. The van der Waals surface area contributed by atoms with Gasteiger partial charge >= 0.3 is 0 Å². The Balaban J connectivity index is 1.66. The molecule has 0 aliphatic heterocycles. The lowest BCUT2D eigenvalue weighted by Gasteiger charge is -2.03. The molecule has 0 saturated carbocycles. The van der Waals surface area contributed by atoms with Gasteiger partial charge in [0.1, 0.15) is 5.69 Å². The predicted molar refractivity (Wildman–Crippen MR) is 92.6 cm³/mol. The van der Waals surface area contributed by atoms with Gasteiger partial charge in [-0.15, -0.1) is 10.2 Å². The van der Waals surface area contributed by atoms with Crippen LogP contribution in [-0.2, 0) is 12.2 Å². The minimum atomic E-state index is -0.212. The Labute approximate surface area is 143 Å². The average molecular weight is 334 g/mol. The monoisotopic (exact) mass is 334 g/mol. The van der Waals surface area contributed by atoms with E-state index < -0.39 is 0 Å². The summed E-state index contributed by atoms with van der Waals surface area (Å²) < 4.78 is 0. The van der Waals surface area contributed by atoms with Crippen LogP contribution in [0, 0.1) is 11.3 Å². The van der Waals surface area contributed by atoms with E-state index in [0.717, 1.165) is 11.1 Å². The van der Waals surface area contributed by atoms with Crippen molar-refractivity contribution in [3.63, 3.8) is 0 Å². The number of benzene rings is 2. The van der Waals surface area contributed by atoms with Crippen LogP contribution in [0.3, 0.4) is 0 Å². The van der Waals surface area contributed by atoms with E-state index in [1.54, 1.807) is 12.1 Å². The highest BCUT2D eigenvalue weighted by molar-refractivity contribution is 7.98. The second-order valence-electron chi connectivity index (χ2n) is 5.17.